The molecule has 0 aliphatic carbocycles. The van der Waals surface area contributed by atoms with Crippen molar-refractivity contribution in [3.05, 3.63) is 47.9 Å². The summed E-state index contributed by atoms with van der Waals surface area (Å²) in [5, 5.41) is 5.58. The van der Waals surface area contributed by atoms with E-state index in [1.165, 1.54) is 18.5 Å². The van der Waals surface area contributed by atoms with Crippen LogP contribution < -0.4 is 10.6 Å². The number of amides is 1. The lowest BCUT2D eigenvalue weighted by Crippen LogP contribution is -2.15. The Morgan fingerprint density at radius 3 is 2.70 bits per heavy atom. The van der Waals surface area contributed by atoms with Gasteiger partial charge in [0, 0.05) is 24.4 Å². The predicted octanol–water partition coefficient (Wildman–Crippen LogP) is 3.61. The van der Waals surface area contributed by atoms with Crippen LogP contribution in [0.2, 0.25) is 0 Å². The van der Waals surface area contributed by atoms with Crippen LogP contribution in [0, 0.1) is 11.6 Å². The van der Waals surface area contributed by atoms with Gasteiger partial charge >= 0.3 is 0 Å². The monoisotopic (exact) mass is 320 g/mol. The summed E-state index contributed by atoms with van der Waals surface area (Å²) in [6.07, 6.45) is 4.52. The SMILES string of the molecule is CCCCCNc1cc(C(=O)Nc2ccc(F)c(F)c2)ncn1. The summed E-state index contributed by atoms with van der Waals surface area (Å²) >= 11 is 0. The topological polar surface area (TPSA) is 66.9 Å². The van der Waals surface area contributed by atoms with E-state index in [4.69, 9.17) is 0 Å². The second-order valence-electron chi connectivity index (χ2n) is 5.01. The van der Waals surface area contributed by atoms with E-state index < -0.39 is 17.5 Å². The zero-order valence-electron chi connectivity index (χ0n) is 12.8. The summed E-state index contributed by atoms with van der Waals surface area (Å²) in [4.78, 5) is 20.0. The van der Waals surface area contributed by atoms with Crippen molar-refractivity contribution >= 4 is 17.4 Å². The number of anilines is 2. The third-order valence-electron chi connectivity index (χ3n) is 3.16. The number of carbonyl (C=O) groups is 1. The molecular weight excluding hydrogens is 302 g/mol. The molecule has 0 saturated carbocycles. The molecule has 122 valence electrons. The molecule has 1 aromatic carbocycles. The first kappa shape index (κ1) is 16.8. The molecule has 0 atom stereocenters. The van der Waals surface area contributed by atoms with E-state index in [2.05, 4.69) is 27.5 Å². The number of unbranched alkanes of at least 4 members (excludes halogenated alkanes) is 2. The van der Waals surface area contributed by atoms with E-state index >= 15 is 0 Å². The summed E-state index contributed by atoms with van der Waals surface area (Å²) in [5.74, 6) is -1.96. The molecule has 2 aromatic rings. The quantitative estimate of drug-likeness (QED) is 0.765. The Labute approximate surface area is 133 Å². The molecule has 0 saturated heterocycles. The van der Waals surface area contributed by atoms with Crippen LogP contribution in [0.3, 0.4) is 0 Å². The van der Waals surface area contributed by atoms with Crippen LogP contribution in [-0.2, 0) is 0 Å². The minimum Gasteiger partial charge on any atom is -0.370 e. The molecule has 1 amide bonds. The molecule has 1 heterocycles. The molecule has 23 heavy (non-hydrogen) atoms. The van der Waals surface area contributed by atoms with E-state index in [-0.39, 0.29) is 11.4 Å². The lowest BCUT2D eigenvalue weighted by molar-refractivity contribution is 0.102. The normalized spacial score (nSPS) is 10.4. The Balaban J connectivity index is 2.00. The van der Waals surface area contributed by atoms with Crippen molar-refractivity contribution in [2.24, 2.45) is 0 Å². The van der Waals surface area contributed by atoms with E-state index in [1.54, 1.807) is 0 Å². The van der Waals surface area contributed by atoms with Crippen molar-refractivity contribution < 1.29 is 13.6 Å². The average Bonchev–Trinajstić information content (AvgIpc) is 2.55. The van der Waals surface area contributed by atoms with Crippen molar-refractivity contribution in [3.8, 4) is 0 Å². The Morgan fingerprint density at radius 2 is 1.96 bits per heavy atom. The number of halogens is 2. The third kappa shape index (κ3) is 4.98. The second kappa shape index (κ2) is 8.17. The molecule has 0 radical (unpaired) electrons. The zero-order chi connectivity index (χ0) is 16.7. The largest absolute Gasteiger partial charge is 0.370 e. The molecule has 0 aliphatic heterocycles. The molecule has 5 nitrogen and oxygen atoms in total. The van der Waals surface area contributed by atoms with Crippen LogP contribution in [0.25, 0.3) is 0 Å². The van der Waals surface area contributed by atoms with Gasteiger partial charge in [0.25, 0.3) is 5.91 Å². The zero-order valence-corrected chi connectivity index (χ0v) is 12.8. The van der Waals surface area contributed by atoms with Gasteiger partial charge < -0.3 is 10.6 Å². The van der Waals surface area contributed by atoms with Crippen molar-refractivity contribution in [1.29, 1.82) is 0 Å². The molecule has 0 fully saturated rings. The third-order valence-corrected chi connectivity index (χ3v) is 3.16. The van der Waals surface area contributed by atoms with Gasteiger partial charge in [-0.1, -0.05) is 19.8 Å². The summed E-state index contributed by atoms with van der Waals surface area (Å²) in [6, 6.07) is 4.66. The first-order chi connectivity index (χ1) is 11.1. The fraction of sp³-hybridized carbons (Fsp3) is 0.312. The Morgan fingerprint density at radius 1 is 1.13 bits per heavy atom. The molecule has 0 aliphatic rings. The highest BCUT2D eigenvalue weighted by Gasteiger charge is 2.10. The predicted molar refractivity (Wildman–Crippen MR) is 84.4 cm³/mol. The van der Waals surface area contributed by atoms with E-state index in [1.807, 2.05) is 0 Å². The minimum atomic E-state index is -1.02. The highest BCUT2D eigenvalue weighted by molar-refractivity contribution is 6.03. The van der Waals surface area contributed by atoms with Crippen LogP contribution in [0.15, 0.2) is 30.6 Å². The van der Waals surface area contributed by atoms with Crippen LogP contribution >= 0.6 is 0 Å². The summed E-state index contributed by atoms with van der Waals surface area (Å²) in [5.41, 5.74) is 0.299. The van der Waals surface area contributed by atoms with Gasteiger partial charge in [-0.05, 0) is 18.6 Å². The molecule has 0 spiro atoms. The molecule has 2 N–H and O–H groups in total. The highest BCUT2D eigenvalue weighted by atomic mass is 19.2. The van der Waals surface area contributed by atoms with Gasteiger partial charge in [0.2, 0.25) is 0 Å². The number of hydrogen-bond acceptors (Lipinski definition) is 4. The standard InChI is InChI=1S/C16H18F2N4O/c1-2-3-4-7-19-15-9-14(20-10-21-15)16(23)22-11-5-6-12(17)13(18)8-11/h5-6,8-10H,2-4,7H2,1H3,(H,22,23)(H,19,20,21). The maximum atomic E-state index is 13.1. The van der Waals surface area contributed by atoms with Crippen LogP contribution in [-0.4, -0.2) is 22.4 Å². The van der Waals surface area contributed by atoms with Crippen molar-refractivity contribution in [1.82, 2.24) is 9.97 Å². The molecule has 0 unspecified atom stereocenters. The number of hydrogen-bond donors (Lipinski definition) is 2. The lowest BCUT2D eigenvalue weighted by atomic mass is 10.2. The number of carbonyl (C=O) groups excluding carboxylic acids is 1. The Hall–Kier alpha value is -2.57. The minimum absolute atomic E-state index is 0.141. The molecule has 7 heteroatoms. The average molecular weight is 320 g/mol. The molecular formula is C16H18F2N4O. The fourth-order valence-electron chi connectivity index (χ4n) is 1.94. The number of nitrogens with one attached hydrogen (secondary N) is 2. The van der Waals surface area contributed by atoms with Crippen molar-refractivity contribution in [2.75, 3.05) is 17.2 Å². The van der Waals surface area contributed by atoms with Crippen LogP contribution in [0.5, 0.6) is 0 Å². The van der Waals surface area contributed by atoms with Crippen molar-refractivity contribution in [2.45, 2.75) is 26.2 Å². The van der Waals surface area contributed by atoms with Gasteiger partial charge in [0.1, 0.15) is 17.8 Å². The molecule has 2 rings (SSSR count). The first-order valence-electron chi connectivity index (χ1n) is 7.42. The highest BCUT2D eigenvalue weighted by Crippen LogP contribution is 2.14. The second-order valence-corrected chi connectivity index (χ2v) is 5.01. The van der Waals surface area contributed by atoms with Crippen LogP contribution in [0.1, 0.15) is 36.7 Å². The summed E-state index contributed by atoms with van der Waals surface area (Å²) < 4.78 is 26.0. The fourth-order valence-corrected chi connectivity index (χ4v) is 1.94. The van der Waals surface area contributed by atoms with Gasteiger partial charge in [-0.3, -0.25) is 4.79 Å². The summed E-state index contributed by atoms with van der Waals surface area (Å²) in [7, 11) is 0. The first-order valence-corrected chi connectivity index (χ1v) is 7.42. The number of benzene rings is 1. The molecule has 0 bridgehead atoms. The van der Waals surface area contributed by atoms with Crippen molar-refractivity contribution in [3.63, 3.8) is 0 Å². The molecule has 1 aromatic heterocycles. The number of nitrogens with zero attached hydrogens (tertiary/aromatic N) is 2. The van der Waals surface area contributed by atoms with Gasteiger partial charge in [-0.2, -0.15) is 0 Å². The van der Waals surface area contributed by atoms with Gasteiger partial charge in [-0.15, -0.1) is 0 Å². The number of aromatic nitrogens is 2. The van der Waals surface area contributed by atoms with Gasteiger partial charge in [0.05, 0.1) is 0 Å². The lowest BCUT2D eigenvalue weighted by Gasteiger charge is -2.07. The summed E-state index contributed by atoms with van der Waals surface area (Å²) in [6.45, 7) is 2.88. The maximum Gasteiger partial charge on any atom is 0.274 e. The van der Waals surface area contributed by atoms with Gasteiger partial charge in [-0.25, -0.2) is 18.7 Å². The van der Waals surface area contributed by atoms with Crippen LogP contribution in [0.4, 0.5) is 20.3 Å². The Bertz CT molecular complexity index is 679. The smallest absolute Gasteiger partial charge is 0.274 e. The maximum absolute atomic E-state index is 13.1. The van der Waals surface area contributed by atoms with E-state index in [0.717, 1.165) is 37.9 Å². The van der Waals surface area contributed by atoms with E-state index in [9.17, 15) is 13.6 Å². The Kier molecular flexibility index (Phi) is 5.96. The van der Waals surface area contributed by atoms with E-state index in [0.29, 0.717) is 5.82 Å². The van der Waals surface area contributed by atoms with Gasteiger partial charge in [0.15, 0.2) is 11.6 Å². The number of rotatable bonds is 7.